The second-order valence-electron chi connectivity index (χ2n) is 1.81. The van der Waals surface area contributed by atoms with E-state index >= 15 is 0 Å². The minimum atomic E-state index is -1.10. The number of hydrogen-bond donors (Lipinski definition) is 4. The van der Waals surface area contributed by atoms with Gasteiger partial charge in [-0.05, 0) is 0 Å². The van der Waals surface area contributed by atoms with Gasteiger partial charge in [0.1, 0.15) is 0 Å². The molecule has 11 heavy (non-hydrogen) atoms. The van der Waals surface area contributed by atoms with Crippen LogP contribution in [-0.4, -0.2) is 22.4 Å². The summed E-state index contributed by atoms with van der Waals surface area (Å²) in [5.41, 5.74) is 0. The Morgan fingerprint density at radius 3 is 3.09 bits per heavy atom. The van der Waals surface area contributed by atoms with E-state index in [1.54, 1.807) is 6.19 Å². The Morgan fingerprint density at radius 2 is 2.55 bits per heavy atom. The van der Waals surface area contributed by atoms with E-state index in [1.165, 1.54) is 0 Å². The third-order valence-electron chi connectivity index (χ3n) is 0.989. The van der Waals surface area contributed by atoms with E-state index in [4.69, 9.17) is 15.5 Å². The summed E-state index contributed by atoms with van der Waals surface area (Å²) in [7, 11) is 0. The topological polar surface area (TPSA) is 101 Å². The second kappa shape index (κ2) is 2.90. The van der Waals surface area contributed by atoms with Crippen molar-refractivity contribution in [1.82, 2.24) is 10.6 Å². The lowest BCUT2D eigenvalue weighted by Gasteiger charge is -2.13. The van der Waals surface area contributed by atoms with Crippen molar-refractivity contribution in [2.75, 3.05) is 0 Å². The van der Waals surface area contributed by atoms with Gasteiger partial charge in [0, 0.05) is 6.08 Å². The molecular formula is C5H6N4O2. The van der Waals surface area contributed by atoms with Crippen molar-refractivity contribution in [2.24, 2.45) is 4.99 Å². The largest absolute Gasteiger partial charge is 0.495 e. The molecule has 6 nitrogen and oxygen atoms in total. The van der Waals surface area contributed by atoms with Gasteiger partial charge in [-0.2, -0.15) is 5.26 Å². The van der Waals surface area contributed by atoms with Gasteiger partial charge < -0.3 is 10.2 Å². The third kappa shape index (κ3) is 1.84. The highest BCUT2D eigenvalue weighted by Gasteiger charge is 2.10. The monoisotopic (exact) mass is 154 g/mol. The van der Waals surface area contributed by atoms with Gasteiger partial charge in [-0.3, -0.25) is 10.6 Å². The van der Waals surface area contributed by atoms with E-state index in [0.29, 0.717) is 0 Å². The van der Waals surface area contributed by atoms with E-state index in [9.17, 15) is 0 Å². The summed E-state index contributed by atoms with van der Waals surface area (Å²) in [5, 5.41) is 30.3. The average molecular weight is 154 g/mol. The number of nitrogens with zero attached hydrogens (tertiary/aromatic N) is 2. The molecule has 0 bridgehead atoms. The Morgan fingerprint density at radius 1 is 1.82 bits per heavy atom. The number of aliphatic hydroxyl groups is 2. The van der Waals surface area contributed by atoms with Crippen molar-refractivity contribution in [3.63, 3.8) is 0 Å². The Bertz CT molecular complexity index is 252. The van der Waals surface area contributed by atoms with Crippen molar-refractivity contribution in [3.8, 4) is 6.19 Å². The predicted octanol–water partition coefficient (Wildman–Crippen LogP) is -1.27. The van der Waals surface area contributed by atoms with Crippen LogP contribution >= 0.6 is 0 Å². The first-order valence-corrected chi connectivity index (χ1v) is 2.81. The minimum absolute atomic E-state index is 0.0278. The maximum Gasteiger partial charge on any atom is 0.214 e. The lowest BCUT2D eigenvalue weighted by atomic mass is 10.5. The van der Waals surface area contributed by atoms with Gasteiger partial charge in [-0.25, -0.2) is 4.99 Å². The minimum Gasteiger partial charge on any atom is -0.495 e. The average Bonchev–Trinajstić information content (AvgIpc) is 1.85. The Kier molecular flexibility index (Phi) is 1.94. The van der Waals surface area contributed by atoms with E-state index in [0.717, 1.165) is 6.08 Å². The molecule has 0 saturated carbocycles. The van der Waals surface area contributed by atoms with Crippen LogP contribution in [-0.2, 0) is 0 Å². The number of guanidine groups is 1. The SMILES string of the molecule is N#CNC1=NC(O)C=C(O)N1. The van der Waals surface area contributed by atoms with Crippen molar-refractivity contribution >= 4 is 5.96 Å². The Balaban J connectivity index is 2.65. The molecule has 1 unspecified atom stereocenters. The fourth-order valence-electron chi connectivity index (χ4n) is 0.622. The Labute approximate surface area is 62.5 Å². The van der Waals surface area contributed by atoms with Crippen LogP contribution in [0.1, 0.15) is 0 Å². The highest BCUT2D eigenvalue weighted by Crippen LogP contribution is 1.97. The van der Waals surface area contributed by atoms with Crippen LogP contribution in [0.3, 0.4) is 0 Å². The molecule has 0 fully saturated rings. The molecule has 58 valence electrons. The van der Waals surface area contributed by atoms with Crippen LogP contribution in [0, 0.1) is 11.5 Å². The van der Waals surface area contributed by atoms with Crippen molar-refractivity contribution in [1.29, 1.82) is 5.26 Å². The van der Waals surface area contributed by atoms with Crippen molar-refractivity contribution in [2.45, 2.75) is 6.23 Å². The smallest absolute Gasteiger partial charge is 0.214 e. The highest BCUT2D eigenvalue weighted by atomic mass is 16.3. The molecule has 4 N–H and O–H groups in total. The van der Waals surface area contributed by atoms with Gasteiger partial charge in [0.05, 0.1) is 0 Å². The fourth-order valence-corrected chi connectivity index (χ4v) is 0.622. The molecule has 0 aliphatic carbocycles. The van der Waals surface area contributed by atoms with E-state index in [2.05, 4.69) is 15.6 Å². The molecular weight excluding hydrogens is 148 g/mol. The van der Waals surface area contributed by atoms with Gasteiger partial charge in [-0.15, -0.1) is 0 Å². The molecule has 1 heterocycles. The van der Waals surface area contributed by atoms with Gasteiger partial charge in [0.2, 0.25) is 5.96 Å². The van der Waals surface area contributed by atoms with Crippen molar-refractivity contribution < 1.29 is 10.2 Å². The lowest BCUT2D eigenvalue weighted by molar-refractivity contribution is 0.219. The highest BCUT2D eigenvalue weighted by molar-refractivity contribution is 5.83. The maximum atomic E-state index is 8.86. The molecule has 1 aliphatic heterocycles. The molecule has 6 heteroatoms. The lowest BCUT2D eigenvalue weighted by Crippen LogP contribution is -2.38. The van der Waals surface area contributed by atoms with E-state index in [-0.39, 0.29) is 11.8 Å². The number of nitrogens with one attached hydrogen (secondary N) is 2. The molecule has 0 aromatic heterocycles. The quantitative estimate of drug-likeness (QED) is 0.257. The summed E-state index contributed by atoms with van der Waals surface area (Å²) in [6.07, 6.45) is 1.58. The number of hydrogen-bond acceptors (Lipinski definition) is 6. The summed E-state index contributed by atoms with van der Waals surface area (Å²) in [6.45, 7) is 0. The number of rotatable bonds is 0. The molecule has 1 rings (SSSR count). The first kappa shape index (κ1) is 7.37. The van der Waals surface area contributed by atoms with E-state index in [1.807, 2.05) is 0 Å². The van der Waals surface area contributed by atoms with E-state index < -0.39 is 6.23 Å². The first-order chi connectivity index (χ1) is 5.22. The van der Waals surface area contributed by atoms with Crippen LogP contribution in [0.25, 0.3) is 0 Å². The fraction of sp³-hybridized carbons (Fsp3) is 0.200. The molecule has 0 aromatic rings. The summed E-state index contributed by atoms with van der Waals surface area (Å²) in [4.78, 5) is 3.51. The summed E-state index contributed by atoms with van der Waals surface area (Å²) >= 11 is 0. The molecule has 0 amide bonds. The molecule has 1 atom stereocenters. The van der Waals surface area contributed by atoms with Gasteiger partial charge >= 0.3 is 0 Å². The van der Waals surface area contributed by atoms with Crippen LogP contribution in [0.5, 0.6) is 0 Å². The zero-order valence-corrected chi connectivity index (χ0v) is 5.44. The summed E-state index contributed by atoms with van der Waals surface area (Å²) in [6, 6.07) is 0. The normalized spacial score (nSPS) is 22.4. The van der Waals surface area contributed by atoms with Gasteiger partial charge in [0.15, 0.2) is 18.3 Å². The molecule has 0 aromatic carbocycles. The molecule has 0 spiro atoms. The van der Waals surface area contributed by atoms with Crippen molar-refractivity contribution in [3.05, 3.63) is 12.0 Å². The van der Waals surface area contributed by atoms with Crippen LogP contribution in [0.15, 0.2) is 17.0 Å². The summed E-state index contributed by atoms with van der Waals surface area (Å²) < 4.78 is 0. The molecule has 1 aliphatic rings. The first-order valence-electron chi connectivity index (χ1n) is 2.81. The number of aliphatic imine (C=N–C) groups is 1. The second-order valence-corrected chi connectivity index (χ2v) is 1.81. The zero-order chi connectivity index (χ0) is 8.27. The van der Waals surface area contributed by atoms with Crippen LogP contribution < -0.4 is 10.6 Å². The van der Waals surface area contributed by atoms with Gasteiger partial charge in [0.25, 0.3) is 0 Å². The Hall–Kier alpha value is -1.74. The molecule has 0 saturated heterocycles. The summed E-state index contributed by atoms with van der Waals surface area (Å²) in [5.74, 6) is -0.203. The number of nitriles is 1. The maximum absolute atomic E-state index is 8.86. The number of aliphatic hydroxyl groups excluding tert-OH is 2. The standard InChI is InChI=1S/C5H6N4O2/c6-2-7-5-8-3(10)1-4(11)9-5/h1,3,10-11H,(H2,7,8,9). The van der Waals surface area contributed by atoms with Crippen LogP contribution in [0.4, 0.5) is 0 Å². The third-order valence-corrected chi connectivity index (χ3v) is 0.989. The van der Waals surface area contributed by atoms with Gasteiger partial charge in [-0.1, -0.05) is 0 Å². The zero-order valence-electron chi connectivity index (χ0n) is 5.44. The van der Waals surface area contributed by atoms with Crippen LogP contribution in [0.2, 0.25) is 0 Å². The predicted molar refractivity (Wildman–Crippen MR) is 36.0 cm³/mol. The molecule has 0 radical (unpaired) electrons.